The van der Waals surface area contributed by atoms with E-state index < -0.39 is 29.8 Å². The van der Waals surface area contributed by atoms with E-state index in [1.807, 2.05) is 0 Å². The Labute approximate surface area is 105 Å². The summed E-state index contributed by atoms with van der Waals surface area (Å²) in [7, 11) is 0. The molecule has 0 aromatic carbocycles. The highest BCUT2D eigenvalue weighted by Gasteiger charge is 2.42. The van der Waals surface area contributed by atoms with Crippen molar-refractivity contribution in [1.29, 1.82) is 0 Å². The third-order valence-electron chi connectivity index (χ3n) is 2.42. The van der Waals surface area contributed by atoms with E-state index in [0.717, 1.165) is 4.90 Å². The standard InChI is InChI=1S/C11H17NO6/c1-11(2,3)18-10(16)12-5-7(17-6-13)4-8(12)9(14)15/h6-8H,4-5H2,1-3H3,(H,14,15)/t7?,8-/m0/s1. The predicted octanol–water partition coefficient (Wildman–Crippen LogP) is 0.622. The van der Waals surface area contributed by atoms with Gasteiger partial charge in [-0.05, 0) is 20.8 Å². The summed E-state index contributed by atoms with van der Waals surface area (Å²) in [6.45, 7) is 5.36. The summed E-state index contributed by atoms with van der Waals surface area (Å²) in [6, 6.07) is -1.02. The zero-order valence-corrected chi connectivity index (χ0v) is 10.6. The van der Waals surface area contributed by atoms with Gasteiger partial charge in [0.2, 0.25) is 0 Å². The molecule has 0 saturated carbocycles. The first-order chi connectivity index (χ1) is 8.24. The SMILES string of the molecule is CC(C)(C)OC(=O)N1CC(OC=O)C[C@H]1C(=O)O. The molecule has 2 atom stereocenters. The van der Waals surface area contributed by atoms with E-state index in [4.69, 9.17) is 14.6 Å². The summed E-state index contributed by atoms with van der Waals surface area (Å²) in [4.78, 5) is 34.2. The van der Waals surface area contributed by atoms with Crippen LogP contribution in [0.4, 0.5) is 4.79 Å². The van der Waals surface area contributed by atoms with Crippen molar-refractivity contribution in [3.05, 3.63) is 0 Å². The third-order valence-corrected chi connectivity index (χ3v) is 2.42. The second-order valence-corrected chi connectivity index (χ2v) is 5.08. The molecule has 0 radical (unpaired) electrons. The van der Waals surface area contributed by atoms with Crippen LogP contribution in [0.15, 0.2) is 0 Å². The molecule has 1 fully saturated rings. The van der Waals surface area contributed by atoms with Crippen LogP contribution in [0.1, 0.15) is 27.2 Å². The highest BCUT2D eigenvalue weighted by Crippen LogP contribution is 2.23. The normalized spacial score (nSPS) is 23.6. The summed E-state index contributed by atoms with van der Waals surface area (Å²) in [5, 5.41) is 9.02. The number of carbonyl (C=O) groups excluding carboxylic acids is 2. The molecular weight excluding hydrogens is 242 g/mol. The number of ether oxygens (including phenoxy) is 2. The summed E-state index contributed by atoms with van der Waals surface area (Å²) in [5.41, 5.74) is -0.705. The fourth-order valence-electron chi connectivity index (χ4n) is 1.73. The van der Waals surface area contributed by atoms with Crippen molar-refractivity contribution in [2.75, 3.05) is 6.54 Å². The van der Waals surface area contributed by atoms with Gasteiger partial charge in [0.25, 0.3) is 6.47 Å². The Morgan fingerprint density at radius 1 is 1.39 bits per heavy atom. The quantitative estimate of drug-likeness (QED) is 0.747. The lowest BCUT2D eigenvalue weighted by molar-refractivity contribution is -0.142. The van der Waals surface area contributed by atoms with Gasteiger partial charge in [0, 0.05) is 6.42 Å². The molecule has 7 nitrogen and oxygen atoms in total. The topological polar surface area (TPSA) is 93.1 Å². The van der Waals surface area contributed by atoms with Crippen LogP contribution in [-0.4, -0.2) is 52.8 Å². The van der Waals surface area contributed by atoms with E-state index in [2.05, 4.69) is 0 Å². The molecule has 7 heteroatoms. The molecule has 0 aliphatic carbocycles. The highest BCUT2D eigenvalue weighted by atomic mass is 16.6. The van der Waals surface area contributed by atoms with E-state index >= 15 is 0 Å². The lowest BCUT2D eigenvalue weighted by Gasteiger charge is -2.26. The molecule has 1 heterocycles. The number of nitrogens with zero attached hydrogens (tertiary/aromatic N) is 1. The van der Waals surface area contributed by atoms with Gasteiger partial charge in [-0.25, -0.2) is 9.59 Å². The zero-order valence-electron chi connectivity index (χ0n) is 10.6. The largest absolute Gasteiger partial charge is 0.480 e. The number of likely N-dealkylation sites (tertiary alicyclic amines) is 1. The van der Waals surface area contributed by atoms with Gasteiger partial charge in [-0.15, -0.1) is 0 Å². The number of carboxylic acids is 1. The Morgan fingerprint density at radius 3 is 2.44 bits per heavy atom. The molecule has 1 amide bonds. The molecule has 0 aromatic rings. The second-order valence-electron chi connectivity index (χ2n) is 5.08. The van der Waals surface area contributed by atoms with Crippen LogP contribution in [-0.2, 0) is 19.1 Å². The highest BCUT2D eigenvalue weighted by molar-refractivity contribution is 5.81. The van der Waals surface area contributed by atoms with Crippen molar-refractivity contribution in [2.24, 2.45) is 0 Å². The van der Waals surface area contributed by atoms with E-state index in [1.54, 1.807) is 20.8 Å². The van der Waals surface area contributed by atoms with Crippen LogP contribution >= 0.6 is 0 Å². The second kappa shape index (κ2) is 5.24. The van der Waals surface area contributed by atoms with Crippen LogP contribution < -0.4 is 0 Å². The van der Waals surface area contributed by atoms with Crippen LogP contribution in [0.25, 0.3) is 0 Å². The van der Waals surface area contributed by atoms with Gasteiger partial charge in [-0.2, -0.15) is 0 Å². The maximum absolute atomic E-state index is 11.8. The fraction of sp³-hybridized carbons (Fsp3) is 0.727. The lowest BCUT2D eigenvalue weighted by Crippen LogP contribution is -2.43. The van der Waals surface area contributed by atoms with Crippen molar-refractivity contribution in [3.63, 3.8) is 0 Å². The zero-order chi connectivity index (χ0) is 13.9. The number of aliphatic carboxylic acids is 1. The number of rotatable bonds is 3. The molecule has 1 aliphatic heterocycles. The third kappa shape index (κ3) is 3.61. The Balaban J connectivity index is 2.75. The minimum atomic E-state index is -1.14. The van der Waals surface area contributed by atoms with Gasteiger partial charge in [-0.1, -0.05) is 0 Å². The van der Waals surface area contributed by atoms with Crippen molar-refractivity contribution in [1.82, 2.24) is 4.90 Å². The number of carboxylic acid groups (broad SMARTS) is 1. The summed E-state index contributed by atoms with van der Waals surface area (Å²) in [5.74, 6) is -1.14. The monoisotopic (exact) mass is 259 g/mol. The first-order valence-electron chi connectivity index (χ1n) is 5.56. The van der Waals surface area contributed by atoms with E-state index in [-0.39, 0.29) is 19.4 Å². The maximum atomic E-state index is 11.8. The Morgan fingerprint density at radius 2 is 2.00 bits per heavy atom. The molecule has 1 unspecified atom stereocenters. The number of amides is 1. The molecule has 0 spiro atoms. The van der Waals surface area contributed by atoms with Crippen molar-refractivity contribution in [3.8, 4) is 0 Å². The summed E-state index contributed by atoms with van der Waals surface area (Å²) in [6.07, 6.45) is -1.24. The molecule has 0 bridgehead atoms. The Hall–Kier alpha value is -1.79. The average Bonchev–Trinajstić information content (AvgIpc) is 2.59. The van der Waals surface area contributed by atoms with Crippen LogP contribution in [0, 0.1) is 0 Å². The van der Waals surface area contributed by atoms with Crippen LogP contribution in [0.2, 0.25) is 0 Å². The minimum absolute atomic E-state index is 0.0324. The first kappa shape index (κ1) is 14.3. The average molecular weight is 259 g/mol. The number of hydrogen-bond acceptors (Lipinski definition) is 5. The summed E-state index contributed by atoms with van der Waals surface area (Å²) < 4.78 is 9.81. The summed E-state index contributed by atoms with van der Waals surface area (Å²) >= 11 is 0. The molecule has 1 aliphatic rings. The molecule has 102 valence electrons. The molecule has 0 aromatic heterocycles. The number of carbonyl (C=O) groups is 3. The van der Waals surface area contributed by atoms with Gasteiger partial charge >= 0.3 is 12.1 Å². The van der Waals surface area contributed by atoms with E-state index in [0.29, 0.717) is 0 Å². The molecule has 1 N–H and O–H groups in total. The van der Waals surface area contributed by atoms with E-state index in [9.17, 15) is 14.4 Å². The molecular formula is C11H17NO6. The van der Waals surface area contributed by atoms with Crippen molar-refractivity contribution >= 4 is 18.5 Å². The van der Waals surface area contributed by atoms with Crippen molar-refractivity contribution in [2.45, 2.75) is 44.9 Å². The van der Waals surface area contributed by atoms with E-state index in [1.165, 1.54) is 0 Å². The van der Waals surface area contributed by atoms with Gasteiger partial charge in [0.1, 0.15) is 17.7 Å². The molecule has 1 rings (SSSR count). The number of hydrogen-bond donors (Lipinski definition) is 1. The fourth-order valence-corrected chi connectivity index (χ4v) is 1.73. The Bertz CT molecular complexity index is 348. The molecule has 18 heavy (non-hydrogen) atoms. The lowest BCUT2D eigenvalue weighted by atomic mass is 10.2. The molecule has 1 saturated heterocycles. The Kier molecular flexibility index (Phi) is 4.15. The van der Waals surface area contributed by atoms with Gasteiger partial charge in [0.15, 0.2) is 0 Å². The first-order valence-corrected chi connectivity index (χ1v) is 5.56. The van der Waals surface area contributed by atoms with Gasteiger partial charge in [0.05, 0.1) is 6.54 Å². The minimum Gasteiger partial charge on any atom is -0.480 e. The smallest absolute Gasteiger partial charge is 0.411 e. The van der Waals surface area contributed by atoms with Crippen LogP contribution in [0.5, 0.6) is 0 Å². The predicted molar refractivity (Wildman–Crippen MR) is 59.9 cm³/mol. The van der Waals surface area contributed by atoms with Crippen molar-refractivity contribution < 1.29 is 29.0 Å². The van der Waals surface area contributed by atoms with Crippen LogP contribution in [0.3, 0.4) is 0 Å². The van der Waals surface area contributed by atoms with Gasteiger partial charge < -0.3 is 14.6 Å². The maximum Gasteiger partial charge on any atom is 0.411 e. The van der Waals surface area contributed by atoms with Gasteiger partial charge in [-0.3, -0.25) is 9.69 Å².